The third-order valence-corrected chi connectivity index (χ3v) is 4.26. The number of nitrogens with zero attached hydrogens (tertiary/aromatic N) is 1. The predicted octanol–water partition coefficient (Wildman–Crippen LogP) is 4.44. The van der Waals surface area contributed by atoms with Crippen LogP contribution in [0.4, 0.5) is 10.1 Å². The SMILES string of the molecule is N#C/C(=C/c1cc(Br)c(O)c(I)c1)C(=O)Nc1ccccc1F. The maximum absolute atomic E-state index is 13.5. The first kappa shape index (κ1) is 17.4. The Morgan fingerprint density at radius 3 is 2.70 bits per heavy atom. The summed E-state index contributed by atoms with van der Waals surface area (Å²) < 4.78 is 14.6. The van der Waals surface area contributed by atoms with Crippen LogP contribution in [0.5, 0.6) is 5.75 Å². The van der Waals surface area contributed by atoms with Gasteiger partial charge in [-0.15, -0.1) is 0 Å². The molecule has 23 heavy (non-hydrogen) atoms. The predicted molar refractivity (Wildman–Crippen MR) is 97.1 cm³/mol. The summed E-state index contributed by atoms with van der Waals surface area (Å²) in [6, 6.07) is 10.7. The minimum absolute atomic E-state index is 0.000109. The van der Waals surface area contributed by atoms with Crippen LogP contribution in [0.1, 0.15) is 5.56 Å². The van der Waals surface area contributed by atoms with Crippen LogP contribution in [0.25, 0.3) is 6.08 Å². The fraction of sp³-hybridized carbons (Fsp3) is 0. The monoisotopic (exact) mass is 486 g/mol. The van der Waals surface area contributed by atoms with E-state index in [0.29, 0.717) is 13.6 Å². The number of hydrogen-bond donors (Lipinski definition) is 2. The summed E-state index contributed by atoms with van der Waals surface area (Å²) in [6.07, 6.45) is 1.36. The molecule has 116 valence electrons. The minimum Gasteiger partial charge on any atom is -0.506 e. The number of anilines is 1. The number of nitrogens with one attached hydrogen (secondary N) is 1. The molecule has 2 N–H and O–H groups in total. The van der Waals surface area contributed by atoms with Crippen molar-refractivity contribution in [3.8, 4) is 11.8 Å². The van der Waals surface area contributed by atoms with E-state index in [2.05, 4.69) is 21.2 Å². The van der Waals surface area contributed by atoms with Crippen molar-refractivity contribution in [1.29, 1.82) is 5.26 Å². The molecular formula is C16H9BrFIN2O2. The van der Waals surface area contributed by atoms with Crippen molar-refractivity contribution in [2.45, 2.75) is 0 Å². The van der Waals surface area contributed by atoms with Gasteiger partial charge in [0.2, 0.25) is 0 Å². The standard InChI is InChI=1S/C16H9BrFIN2O2/c17-11-6-9(7-13(19)15(11)22)5-10(8-20)16(23)21-14-4-2-1-3-12(14)18/h1-7,22H,(H,21,23)/b10-5-. The molecule has 7 heteroatoms. The number of halogens is 3. The van der Waals surface area contributed by atoms with Gasteiger partial charge in [0.05, 0.1) is 13.7 Å². The number of nitriles is 1. The second-order valence-corrected chi connectivity index (χ2v) is 6.45. The largest absolute Gasteiger partial charge is 0.506 e. The Hall–Kier alpha value is -1.92. The van der Waals surface area contributed by atoms with Crippen molar-refractivity contribution in [3.63, 3.8) is 0 Å². The highest BCUT2D eigenvalue weighted by atomic mass is 127. The Kier molecular flexibility index (Phi) is 5.74. The van der Waals surface area contributed by atoms with Gasteiger partial charge < -0.3 is 10.4 Å². The first-order valence-corrected chi connectivity index (χ1v) is 8.15. The molecule has 0 spiro atoms. The van der Waals surface area contributed by atoms with Crippen molar-refractivity contribution in [1.82, 2.24) is 0 Å². The van der Waals surface area contributed by atoms with Gasteiger partial charge in [-0.1, -0.05) is 12.1 Å². The molecule has 0 aliphatic carbocycles. The van der Waals surface area contributed by atoms with E-state index in [4.69, 9.17) is 5.26 Å². The first-order chi connectivity index (χ1) is 10.9. The Bertz CT molecular complexity index is 823. The summed E-state index contributed by atoms with van der Waals surface area (Å²) in [7, 11) is 0. The van der Waals surface area contributed by atoms with Crippen molar-refractivity contribution < 1.29 is 14.3 Å². The number of phenols is 1. The molecule has 0 saturated heterocycles. The van der Waals surface area contributed by atoms with Gasteiger partial charge >= 0.3 is 0 Å². The van der Waals surface area contributed by atoms with Gasteiger partial charge in [-0.2, -0.15) is 5.26 Å². The van der Waals surface area contributed by atoms with E-state index in [1.54, 1.807) is 24.3 Å². The average molecular weight is 487 g/mol. The van der Waals surface area contributed by atoms with Gasteiger partial charge in [-0.3, -0.25) is 4.79 Å². The molecule has 0 unspecified atom stereocenters. The van der Waals surface area contributed by atoms with E-state index in [1.165, 1.54) is 24.3 Å². The molecule has 2 rings (SSSR count). The lowest BCUT2D eigenvalue weighted by Crippen LogP contribution is -2.14. The van der Waals surface area contributed by atoms with E-state index in [-0.39, 0.29) is 17.0 Å². The molecule has 0 heterocycles. The number of aromatic hydroxyl groups is 1. The molecule has 2 aromatic rings. The maximum Gasteiger partial charge on any atom is 0.266 e. The zero-order valence-corrected chi connectivity index (χ0v) is 15.2. The lowest BCUT2D eigenvalue weighted by molar-refractivity contribution is -0.112. The van der Waals surface area contributed by atoms with Crippen LogP contribution in [0.3, 0.4) is 0 Å². The Morgan fingerprint density at radius 1 is 1.39 bits per heavy atom. The second-order valence-electron chi connectivity index (χ2n) is 4.44. The number of amides is 1. The quantitative estimate of drug-likeness (QED) is 0.382. The average Bonchev–Trinajstić information content (AvgIpc) is 2.52. The van der Waals surface area contributed by atoms with Crippen LogP contribution >= 0.6 is 38.5 Å². The number of benzene rings is 2. The van der Waals surface area contributed by atoms with Gasteiger partial charge in [0, 0.05) is 0 Å². The zero-order chi connectivity index (χ0) is 17.0. The number of carbonyl (C=O) groups excluding carboxylic acids is 1. The Balaban J connectivity index is 2.31. The topological polar surface area (TPSA) is 73.1 Å². The molecule has 0 aliphatic heterocycles. The van der Waals surface area contributed by atoms with Crippen molar-refractivity contribution in [3.05, 3.63) is 61.4 Å². The van der Waals surface area contributed by atoms with E-state index >= 15 is 0 Å². The molecular weight excluding hydrogens is 478 g/mol. The lowest BCUT2D eigenvalue weighted by atomic mass is 10.1. The number of rotatable bonds is 3. The fourth-order valence-electron chi connectivity index (χ4n) is 1.74. The summed E-state index contributed by atoms with van der Waals surface area (Å²) in [5, 5.41) is 21.2. The van der Waals surface area contributed by atoms with Crippen LogP contribution in [0.2, 0.25) is 0 Å². The molecule has 0 aliphatic rings. The number of para-hydroxylation sites is 1. The van der Waals surface area contributed by atoms with Crippen LogP contribution in [-0.2, 0) is 4.79 Å². The molecule has 0 bridgehead atoms. The third kappa shape index (κ3) is 4.30. The van der Waals surface area contributed by atoms with E-state index in [1.807, 2.05) is 22.6 Å². The highest BCUT2D eigenvalue weighted by Gasteiger charge is 2.13. The van der Waals surface area contributed by atoms with Gasteiger partial charge in [0.1, 0.15) is 23.2 Å². The van der Waals surface area contributed by atoms with Crippen LogP contribution in [0.15, 0.2) is 46.4 Å². The number of hydrogen-bond acceptors (Lipinski definition) is 3. The summed E-state index contributed by atoms with van der Waals surface area (Å²) in [6.45, 7) is 0. The van der Waals surface area contributed by atoms with E-state index in [0.717, 1.165) is 0 Å². The lowest BCUT2D eigenvalue weighted by Gasteiger charge is -2.06. The molecule has 0 radical (unpaired) electrons. The van der Waals surface area contributed by atoms with E-state index in [9.17, 15) is 14.3 Å². The Labute approximate surface area is 153 Å². The van der Waals surface area contributed by atoms with Crippen molar-refractivity contribution >= 4 is 56.2 Å². The second kappa shape index (κ2) is 7.57. The zero-order valence-electron chi connectivity index (χ0n) is 11.5. The molecule has 4 nitrogen and oxygen atoms in total. The van der Waals surface area contributed by atoms with Crippen molar-refractivity contribution in [2.75, 3.05) is 5.32 Å². The Morgan fingerprint density at radius 2 is 2.09 bits per heavy atom. The molecule has 0 atom stereocenters. The highest BCUT2D eigenvalue weighted by molar-refractivity contribution is 14.1. The normalized spacial score (nSPS) is 11.0. The van der Waals surface area contributed by atoms with Gasteiger partial charge in [-0.05, 0) is 74.4 Å². The first-order valence-electron chi connectivity index (χ1n) is 6.28. The third-order valence-electron chi connectivity index (χ3n) is 2.84. The van der Waals surface area contributed by atoms with Crippen LogP contribution in [-0.4, -0.2) is 11.0 Å². The molecule has 0 fully saturated rings. The minimum atomic E-state index is -0.711. The van der Waals surface area contributed by atoms with Crippen LogP contribution < -0.4 is 5.32 Å². The summed E-state index contributed by atoms with van der Waals surface area (Å²) in [4.78, 5) is 12.1. The maximum atomic E-state index is 13.5. The molecule has 1 amide bonds. The number of carbonyl (C=O) groups is 1. The molecule has 2 aromatic carbocycles. The highest BCUT2D eigenvalue weighted by Crippen LogP contribution is 2.31. The van der Waals surface area contributed by atoms with Crippen molar-refractivity contribution in [2.24, 2.45) is 0 Å². The summed E-state index contributed by atoms with van der Waals surface area (Å²) in [5.74, 6) is -1.21. The number of phenolic OH excluding ortho intramolecular Hbond substituents is 1. The summed E-state index contributed by atoms with van der Waals surface area (Å²) >= 11 is 5.12. The molecule has 0 saturated carbocycles. The molecule has 0 aromatic heterocycles. The van der Waals surface area contributed by atoms with Gasteiger partial charge in [0.25, 0.3) is 5.91 Å². The summed E-state index contributed by atoms with van der Waals surface area (Å²) in [5.41, 5.74) is 0.376. The smallest absolute Gasteiger partial charge is 0.266 e. The van der Waals surface area contributed by atoms with Crippen LogP contribution in [0, 0.1) is 20.7 Å². The van der Waals surface area contributed by atoms with E-state index < -0.39 is 11.7 Å². The fourth-order valence-corrected chi connectivity index (χ4v) is 3.23. The van der Waals surface area contributed by atoms with Gasteiger partial charge in [0.15, 0.2) is 0 Å². The van der Waals surface area contributed by atoms with Gasteiger partial charge in [-0.25, -0.2) is 4.39 Å².